The summed E-state index contributed by atoms with van der Waals surface area (Å²) in [5, 5.41) is 0. The fourth-order valence-corrected chi connectivity index (χ4v) is 1.99. The molecular weight excluding hydrogens is 254 g/mol. The standard InChI is InChI=1S/C15H19N3O2/c1-18(10-11-6-4-5-7-13(11)19-2)14-9-8-12(16)15(17-14)20-3/h4-9H,10,16H2,1-3H3. The van der Waals surface area contributed by atoms with Gasteiger partial charge in [0.15, 0.2) is 0 Å². The first-order valence-electron chi connectivity index (χ1n) is 6.29. The number of nitrogens with zero attached hydrogens (tertiary/aromatic N) is 2. The van der Waals surface area contributed by atoms with Crippen molar-refractivity contribution < 1.29 is 9.47 Å². The SMILES string of the molecule is COc1ccccc1CN(C)c1ccc(N)c(OC)n1. The minimum Gasteiger partial charge on any atom is -0.496 e. The van der Waals surface area contributed by atoms with E-state index in [1.807, 2.05) is 42.3 Å². The third kappa shape index (κ3) is 2.93. The second-order valence-electron chi connectivity index (χ2n) is 4.44. The Labute approximate surface area is 118 Å². The molecule has 2 rings (SSSR count). The Morgan fingerprint density at radius 1 is 1.10 bits per heavy atom. The van der Waals surface area contributed by atoms with Crippen LogP contribution >= 0.6 is 0 Å². The van der Waals surface area contributed by atoms with Crippen molar-refractivity contribution in [1.82, 2.24) is 4.98 Å². The Kier molecular flexibility index (Phi) is 4.30. The molecule has 0 fully saturated rings. The van der Waals surface area contributed by atoms with Crippen molar-refractivity contribution in [2.45, 2.75) is 6.54 Å². The summed E-state index contributed by atoms with van der Waals surface area (Å²) in [5.74, 6) is 2.10. The monoisotopic (exact) mass is 273 g/mol. The maximum atomic E-state index is 5.77. The van der Waals surface area contributed by atoms with Gasteiger partial charge in [0.05, 0.1) is 19.9 Å². The number of aromatic nitrogens is 1. The zero-order valence-electron chi connectivity index (χ0n) is 12.0. The summed E-state index contributed by atoms with van der Waals surface area (Å²) in [6.45, 7) is 0.685. The van der Waals surface area contributed by atoms with Crippen LogP contribution in [0.1, 0.15) is 5.56 Å². The van der Waals surface area contributed by atoms with Crippen molar-refractivity contribution in [3.63, 3.8) is 0 Å². The van der Waals surface area contributed by atoms with Crippen LogP contribution in [0, 0.1) is 0 Å². The van der Waals surface area contributed by atoms with Gasteiger partial charge in [-0.3, -0.25) is 0 Å². The van der Waals surface area contributed by atoms with E-state index >= 15 is 0 Å². The van der Waals surface area contributed by atoms with Gasteiger partial charge >= 0.3 is 0 Å². The van der Waals surface area contributed by atoms with Crippen LogP contribution in [0.2, 0.25) is 0 Å². The number of methoxy groups -OCH3 is 2. The molecule has 0 spiro atoms. The van der Waals surface area contributed by atoms with Crippen LogP contribution in [-0.2, 0) is 6.54 Å². The fourth-order valence-electron chi connectivity index (χ4n) is 1.99. The van der Waals surface area contributed by atoms with Crippen LogP contribution in [-0.4, -0.2) is 26.3 Å². The molecule has 0 amide bonds. The summed E-state index contributed by atoms with van der Waals surface area (Å²) in [7, 11) is 5.19. The number of hydrogen-bond acceptors (Lipinski definition) is 5. The number of rotatable bonds is 5. The molecule has 0 atom stereocenters. The van der Waals surface area contributed by atoms with Crippen molar-refractivity contribution in [1.29, 1.82) is 0 Å². The van der Waals surface area contributed by atoms with E-state index in [0.717, 1.165) is 17.1 Å². The lowest BCUT2D eigenvalue weighted by atomic mass is 10.2. The zero-order valence-corrected chi connectivity index (χ0v) is 12.0. The van der Waals surface area contributed by atoms with Gasteiger partial charge in [0.2, 0.25) is 5.88 Å². The van der Waals surface area contributed by atoms with E-state index in [1.54, 1.807) is 20.3 Å². The quantitative estimate of drug-likeness (QED) is 0.906. The molecule has 1 aromatic heterocycles. The van der Waals surface area contributed by atoms with Crippen LogP contribution in [0.3, 0.4) is 0 Å². The summed E-state index contributed by atoms with van der Waals surface area (Å²) in [6.07, 6.45) is 0. The van der Waals surface area contributed by atoms with Gasteiger partial charge in [-0.25, -0.2) is 0 Å². The van der Waals surface area contributed by atoms with Crippen LogP contribution in [0.15, 0.2) is 36.4 Å². The van der Waals surface area contributed by atoms with Crippen molar-refractivity contribution in [2.24, 2.45) is 0 Å². The minimum absolute atomic E-state index is 0.439. The molecule has 0 aliphatic heterocycles. The van der Waals surface area contributed by atoms with Gasteiger partial charge < -0.3 is 20.1 Å². The maximum absolute atomic E-state index is 5.77. The Morgan fingerprint density at radius 2 is 1.85 bits per heavy atom. The van der Waals surface area contributed by atoms with Gasteiger partial charge in [-0.15, -0.1) is 0 Å². The van der Waals surface area contributed by atoms with Crippen LogP contribution in [0.25, 0.3) is 0 Å². The first kappa shape index (κ1) is 14.0. The Balaban J connectivity index is 2.21. The van der Waals surface area contributed by atoms with Crippen molar-refractivity contribution in [3.8, 4) is 11.6 Å². The van der Waals surface area contributed by atoms with Gasteiger partial charge in [-0.1, -0.05) is 18.2 Å². The second kappa shape index (κ2) is 6.14. The van der Waals surface area contributed by atoms with E-state index in [9.17, 15) is 0 Å². The third-order valence-corrected chi connectivity index (χ3v) is 3.06. The number of nitrogens with two attached hydrogens (primary N) is 1. The normalized spacial score (nSPS) is 10.2. The zero-order chi connectivity index (χ0) is 14.5. The van der Waals surface area contributed by atoms with Gasteiger partial charge in [0.25, 0.3) is 0 Å². The average Bonchev–Trinajstić information content (AvgIpc) is 2.48. The smallest absolute Gasteiger partial charge is 0.238 e. The number of nitrogen functional groups attached to an aromatic ring is 1. The first-order valence-corrected chi connectivity index (χ1v) is 6.29. The predicted molar refractivity (Wildman–Crippen MR) is 80.3 cm³/mol. The van der Waals surface area contributed by atoms with Crippen molar-refractivity contribution >= 4 is 11.5 Å². The first-order chi connectivity index (χ1) is 9.65. The lowest BCUT2D eigenvalue weighted by Crippen LogP contribution is -2.18. The molecule has 2 aromatic rings. The van der Waals surface area contributed by atoms with Crippen molar-refractivity contribution in [2.75, 3.05) is 31.9 Å². The van der Waals surface area contributed by atoms with Crippen LogP contribution < -0.4 is 20.1 Å². The number of para-hydroxylation sites is 1. The highest BCUT2D eigenvalue weighted by Crippen LogP contribution is 2.25. The summed E-state index contributed by atoms with van der Waals surface area (Å²) in [6, 6.07) is 11.6. The molecule has 0 bridgehead atoms. The fraction of sp³-hybridized carbons (Fsp3) is 0.267. The highest BCUT2D eigenvalue weighted by atomic mass is 16.5. The summed E-state index contributed by atoms with van der Waals surface area (Å²) in [5.41, 5.74) is 7.39. The molecule has 1 aromatic carbocycles. The summed E-state index contributed by atoms with van der Waals surface area (Å²) < 4.78 is 10.5. The number of ether oxygens (including phenoxy) is 2. The Morgan fingerprint density at radius 3 is 2.55 bits per heavy atom. The lowest BCUT2D eigenvalue weighted by Gasteiger charge is -2.20. The Bertz CT molecular complexity index is 587. The molecular formula is C15H19N3O2. The lowest BCUT2D eigenvalue weighted by molar-refractivity contribution is 0.400. The molecule has 2 N–H and O–H groups in total. The maximum Gasteiger partial charge on any atom is 0.238 e. The number of hydrogen-bond donors (Lipinski definition) is 1. The Hall–Kier alpha value is -2.43. The molecule has 5 heteroatoms. The molecule has 0 aliphatic rings. The molecule has 0 aliphatic carbocycles. The van der Waals surface area contributed by atoms with Crippen LogP contribution in [0.4, 0.5) is 11.5 Å². The highest BCUT2D eigenvalue weighted by Gasteiger charge is 2.10. The molecule has 0 saturated carbocycles. The number of anilines is 2. The van der Waals surface area contributed by atoms with Gasteiger partial charge in [-0.2, -0.15) is 4.98 Å². The van der Waals surface area contributed by atoms with E-state index in [2.05, 4.69) is 4.98 Å². The number of pyridine rings is 1. The molecule has 0 saturated heterocycles. The van der Waals surface area contributed by atoms with E-state index in [0.29, 0.717) is 18.1 Å². The predicted octanol–water partition coefficient (Wildman–Crippen LogP) is 2.32. The van der Waals surface area contributed by atoms with E-state index in [4.69, 9.17) is 15.2 Å². The summed E-state index contributed by atoms with van der Waals surface area (Å²) in [4.78, 5) is 6.39. The largest absolute Gasteiger partial charge is 0.496 e. The van der Waals surface area contributed by atoms with Gasteiger partial charge in [0, 0.05) is 19.2 Å². The van der Waals surface area contributed by atoms with Gasteiger partial charge in [0.1, 0.15) is 11.6 Å². The van der Waals surface area contributed by atoms with Crippen LogP contribution in [0.5, 0.6) is 11.6 Å². The molecule has 1 heterocycles. The van der Waals surface area contributed by atoms with Crippen molar-refractivity contribution in [3.05, 3.63) is 42.0 Å². The van der Waals surface area contributed by atoms with E-state index in [-0.39, 0.29) is 0 Å². The molecule has 0 radical (unpaired) electrons. The topological polar surface area (TPSA) is 60.6 Å². The second-order valence-corrected chi connectivity index (χ2v) is 4.44. The van der Waals surface area contributed by atoms with E-state index in [1.165, 1.54) is 0 Å². The van der Waals surface area contributed by atoms with Gasteiger partial charge in [-0.05, 0) is 18.2 Å². The number of benzene rings is 1. The molecule has 5 nitrogen and oxygen atoms in total. The third-order valence-electron chi connectivity index (χ3n) is 3.06. The summed E-state index contributed by atoms with van der Waals surface area (Å²) >= 11 is 0. The molecule has 106 valence electrons. The van der Waals surface area contributed by atoms with E-state index < -0.39 is 0 Å². The minimum atomic E-state index is 0.439. The average molecular weight is 273 g/mol. The molecule has 20 heavy (non-hydrogen) atoms. The molecule has 0 unspecified atom stereocenters. The highest BCUT2D eigenvalue weighted by molar-refractivity contribution is 5.54.